The second kappa shape index (κ2) is 27.0. The third kappa shape index (κ3) is 13.8. The van der Waals surface area contributed by atoms with Gasteiger partial charge in [0.1, 0.15) is 11.6 Å². The van der Waals surface area contributed by atoms with E-state index in [1.54, 1.807) is 39.9 Å². The first kappa shape index (κ1) is 56.3. The van der Waals surface area contributed by atoms with Crippen molar-refractivity contribution in [3.8, 4) is 23.0 Å². The second-order valence-corrected chi connectivity index (χ2v) is 20.7. The fraction of sp³-hybridized carbons (Fsp3) is 0.333. The minimum absolute atomic E-state index is 0.00398. The third-order valence-corrected chi connectivity index (χ3v) is 14.8. The van der Waals surface area contributed by atoms with Crippen molar-refractivity contribution in [1.82, 2.24) is 45.2 Å². The number of para-hydroxylation sites is 1. The SMILES string of the molecule is CCCCOc1nc(N)c2[nH]c(=O)n(Cc3ccc(C(=O)NCCOCCOCCNC(=O)Cc4ccc(C(C(=O)NC5CCCC5)N(C(=O)c5cc(-c6ccccc6)n(-c6ccccc6)n5)c5ccc6c(c5)CCC6)cc4)cc3)c2n1. The van der Waals surface area contributed by atoms with Crippen molar-refractivity contribution in [3.05, 3.63) is 183 Å². The Hall–Kier alpha value is -8.94. The predicted octanol–water partition coefficient (Wildman–Crippen LogP) is 7.84. The number of nitrogens with zero attached hydrogens (tertiary/aromatic N) is 6. The first-order valence-electron chi connectivity index (χ1n) is 28.3. The molecule has 424 valence electrons. The number of carbonyl (C=O) groups excluding carboxylic acids is 4. The van der Waals surface area contributed by atoms with Gasteiger partial charge in [0, 0.05) is 35.9 Å². The van der Waals surface area contributed by atoms with E-state index in [9.17, 15) is 19.2 Å². The Morgan fingerprint density at radius 2 is 1.45 bits per heavy atom. The molecule has 0 radical (unpaired) electrons. The molecule has 0 saturated heterocycles. The number of nitrogens with one attached hydrogen (secondary N) is 4. The van der Waals surface area contributed by atoms with Gasteiger partial charge in [0.15, 0.2) is 17.2 Å². The number of amides is 4. The standard InChI is InChI=1S/C63H69N11O8/c1-2-3-33-82-62-69-57(64)55-58(70-62)72(63(79)68-55)41-43-23-27-47(28-24-43)59(76)66-32-35-81-37-36-80-34-31-65-54(75)38-42-21-25-46(26-22-42)56(60(77)67-49-17-10-11-18-49)73(51-30-29-44-15-12-16-48(44)39-51)61(78)52-40-53(45-13-6-4-7-14-45)74(71-52)50-19-8-5-9-20-50/h4-9,13-14,19-30,39-40,49,56H,2-3,10-12,15-18,31-38,41H2,1H3,(H,65,75)(H,66,76)(H,67,77)(H,68,79)(H2,64,69,70). The third-order valence-electron chi connectivity index (χ3n) is 14.8. The van der Waals surface area contributed by atoms with Gasteiger partial charge in [-0.3, -0.25) is 28.6 Å². The molecule has 19 nitrogen and oxygen atoms in total. The number of H-pyrrole nitrogens is 1. The zero-order valence-electron chi connectivity index (χ0n) is 46.1. The number of imidazole rings is 1. The highest BCUT2D eigenvalue weighted by atomic mass is 16.5. The molecule has 1 atom stereocenters. The van der Waals surface area contributed by atoms with Crippen LogP contribution in [0.2, 0.25) is 0 Å². The predicted molar refractivity (Wildman–Crippen MR) is 313 cm³/mol. The van der Waals surface area contributed by atoms with Crippen molar-refractivity contribution in [2.45, 2.75) is 89.8 Å². The fourth-order valence-electron chi connectivity index (χ4n) is 10.5. The number of hydrogen-bond acceptors (Lipinski definition) is 12. The van der Waals surface area contributed by atoms with E-state index >= 15 is 4.79 Å². The quantitative estimate of drug-likeness (QED) is 0.0326. The largest absolute Gasteiger partial charge is 0.463 e. The fourth-order valence-corrected chi connectivity index (χ4v) is 10.5. The van der Waals surface area contributed by atoms with Crippen molar-refractivity contribution in [2.75, 3.05) is 56.8 Å². The van der Waals surface area contributed by atoms with E-state index in [1.165, 1.54) is 10.1 Å². The van der Waals surface area contributed by atoms with Crippen LogP contribution in [-0.4, -0.2) is 105 Å². The minimum atomic E-state index is -1.05. The smallest absolute Gasteiger partial charge is 0.328 e. The molecule has 1 fully saturated rings. The number of fused-ring (bicyclic) bond motifs is 2. The number of unbranched alkanes of at least 4 members (excludes halogenated alkanes) is 1. The molecule has 4 amide bonds. The average molecular weight is 1110 g/mol. The van der Waals surface area contributed by atoms with Gasteiger partial charge in [-0.05, 0) is 109 Å². The molecular weight excluding hydrogens is 1040 g/mol. The second-order valence-electron chi connectivity index (χ2n) is 20.7. The summed E-state index contributed by atoms with van der Waals surface area (Å²) < 4.78 is 20.2. The number of aromatic nitrogens is 6. The first-order chi connectivity index (χ1) is 40.1. The molecule has 1 saturated carbocycles. The number of ether oxygens (including phenoxy) is 3. The van der Waals surface area contributed by atoms with E-state index < -0.39 is 17.6 Å². The molecule has 19 heteroatoms. The van der Waals surface area contributed by atoms with Gasteiger partial charge >= 0.3 is 11.7 Å². The number of benzene rings is 5. The number of nitrogen functional groups attached to an aromatic ring is 1. The number of aromatic amines is 1. The number of nitrogens with two attached hydrogens (primary N) is 1. The zero-order chi connectivity index (χ0) is 56.8. The lowest BCUT2D eigenvalue weighted by molar-refractivity contribution is -0.123. The Morgan fingerprint density at radius 3 is 2.18 bits per heavy atom. The van der Waals surface area contributed by atoms with Crippen LogP contribution in [0.5, 0.6) is 6.01 Å². The van der Waals surface area contributed by atoms with Crippen LogP contribution in [0.25, 0.3) is 28.1 Å². The number of aryl methyl sites for hydroxylation is 2. The molecule has 2 aliphatic carbocycles. The van der Waals surface area contributed by atoms with Crippen LogP contribution in [-0.2, 0) is 44.9 Å². The van der Waals surface area contributed by atoms with Crippen LogP contribution in [0.1, 0.15) is 107 Å². The number of rotatable bonds is 26. The van der Waals surface area contributed by atoms with Gasteiger partial charge in [-0.1, -0.05) is 117 Å². The molecule has 3 heterocycles. The summed E-state index contributed by atoms with van der Waals surface area (Å²) in [4.78, 5) is 82.0. The molecule has 1 unspecified atom stereocenters. The lowest BCUT2D eigenvalue weighted by atomic mass is 9.98. The molecule has 5 aromatic carbocycles. The monoisotopic (exact) mass is 1110 g/mol. The van der Waals surface area contributed by atoms with Gasteiger partial charge in [0.05, 0.1) is 57.4 Å². The number of anilines is 2. The number of hydrogen-bond donors (Lipinski definition) is 5. The van der Waals surface area contributed by atoms with Crippen LogP contribution >= 0.6 is 0 Å². The highest BCUT2D eigenvalue weighted by molar-refractivity contribution is 6.10. The molecule has 2 aliphatic rings. The maximum atomic E-state index is 15.4. The molecule has 0 bridgehead atoms. The van der Waals surface area contributed by atoms with Crippen molar-refractivity contribution in [2.24, 2.45) is 0 Å². The highest BCUT2D eigenvalue weighted by Crippen LogP contribution is 2.36. The summed E-state index contributed by atoms with van der Waals surface area (Å²) in [6.45, 7) is 4.37. The van der Waals surface area contributed by atoms with Gasteiger partial charge in [0.2, 0.25) is 11.8 Å². The van der Waals surface area contributed by atoms with Crippen molar-refractivity contribution < 1.29 is 33.4 Å². The highest BCUT2D eigenvalue weighted by Gasteiger charge is 2.37. The van der Waals surface area contributed by atoms with Crippen LogP contribution in [0.4, 0.5) is 11.5 Å². The number of carbonyl (C=O) groups is 4. The molecule has 0 aliphatic heterocycles. The van der Waals surface area contributed by atoms with Crippen LogP contribution in [0, 0.1) is 0 Å². The normalized spacial score (nSPS) is 13.4. The van der Waals surface area contributed by atoms with Crippen molar-refractivity contribution >= 4 is 46.3 Å². The summed E-state index contributed by atoms with van der Waals surface area (Å²) >= 11 is 0. The van der Waals surface area contributed by atoms with E-state index in [2.05, 4.69) is 43.0 Å². The molecular formula is C63H69N11O8. The van der Waals surface area contributed by atoms with Gasteiger partial charge in [-0.15, -0.1) is 0 Å². The molecule has 0 spiro atoms. The van der Waals surface area contributed by atoms with E-state index in [-0.39, 0.29) is 80.6 Å². The van der Waals surface area contributed by atoms with Gasteiger partial charge in [-0.2, -0.15) is 15.1 Å². The maximum Gasteiger partial charge on any atom is 0.328 e. The lowest BCUT2D eigenvalue weighted by Crippen LogP contribution is -2.46. The average Bonchev–Trinajstić information content (AvgIpc) is 4.51. The summed E-state index contributed by atoms with van der Waals surface area (Å²) in [6, 6.07) is 40.7. The van der Waals surface area contributed by atoms with E-state index in [4.69, 9.17) is 25.0 Å². The summed E-state index contributed by atoms with van der Waals surface area (Å²) in [5.74, 6) is -1.03. The molecule has 8 aromatic rings. The Bertz CT molecular complexity index is 3480. The van der Waals surface area contributed by atoms with E-state index in [0.717, 1.165) is 91.4 Å². The topological polar surface area (TPSA) is 243 Å². The molecule has 3 aromatic heterocycles. The van der Waals surface area contributed by atoms with Crippen LogP contribution in [0.3, 0.4) is 0 Å². The Labute approximate surface area is 475 Å². The van der Waals surface area contributed by atoms with E-state index in [0.29, 0.717) is 47.8 Å². The zero-order valence-corrected chi connectivity index (χ0v) is 46.1. The van der Waals surface area contributed by atoms with Crippen molar-refractivity contribution in [3.63, 3.8) is 0 Å². The van der Waals surface area contributed by atoms with Gasteiger partial charge in [-0.25, -0.2) is 9.48 Å². The van der Waals surface area contributed by atoms with Crippen LogP contribution in [0.15, 0.2) is 138 Å². The summed E-state index contributed by atoms with van der Waals surface area (Å²) in [5, 5.41) is 14.0. The molecule has 6 N–H and O–H groups in total. The maximum absolute atomic E-state index is 15.4. The van der Waals surface area contributed by atoms with Crippen molar-refractivity contribution in [1.29, 1.82) is 0 Å². The summed E-state index contributed by atoms with van der Waals surface area (Å²) in [5.41, 5.74) is 14.6. The minimum Gasteiger partial charge on any atom is -0.463 e. The van der Waals surface area contributed by atoms with Gasteiger partial charge < -0.3 is 40.9 Å². The van der Waals surface area contributed by atoms with Gasteiger partial charge in [0.25, 0.3) is 11.8 Å². The Morgan fingerprint density at radius 1 is 0.756 bits per heavy atom. The summed E-state index contributed by atoms with van der Waals surface area (Å²) in [7, 11) is 0. The molecule has 82 heavy (non-hydrogen) atoms. The van der Waals surface area contributed by atoms with Crippen LogP contribution < -0.4 is 37.0 Å². The molecule has 10 rings (SSSR count). The Balaban J connectivity index is 0.709. The first-order valence-corrected chi connectivity index (χ1v) is 28.3. The Kier molecular flexibility index (Phi) is 18.6. The summed E-state index contributed by atoms with van der Waals surface area (Å²) in [6.07, 6.45) is 8.53. The lowest BCUT2D eigenvalue weighted by Gasteiger charge is -2.32. The van der Waals surface area contributed by atoms with E-state index in [1.807, 2.05) is 97.9 Å².